The molecule has 11 nitrogen and oxygen atoms in total. The molecule has 0 atom stereocenters. The number of rotatable bonds is 0. The second kappa shape index (κ2) is 39.5. The molecular formula is H16CoNO10P. The molecule has 0 saturated heterocycles. The predicted octanol–water partition coefficient (Wildman–Crippen LogP) is -7.40. The molecule has 0 fully saturated rings. The Morgan fingerprint density at radius 2 is 0.692 bits per heavy atom. The Morgan fingerprint density at radius 1 is 0.692 bits per heavy atom. The van der Waals surface area contributed by atoms with Gasteiger partial charge >= 0.3 is 16.8 Å². The third-order valence-electron chi connectivity index (χ3n) is 0. The van der Waals surface area contributed by atoms with Gasteiger partial charge < -0.3 is 58.3 Å². The molecule has 0 amide bonds. The Morgan fingerprint density at radius 3 is 0.692 bits per heavy atom. The Hall–Kier alpha value is 0.336. The van der Waals surface area contributed by atoms with Crippen LogP contribution in [0.5, 0.6) is 0 Å². The van der Waals surface area contributed by atoms with Gasteiger partial charge in [-0.25, -0.2) is 0 Å². The summed E-state index contributed by atoms with van der Waals surface area (Å²) in [4.78, 5) is 25.6. The summed E-state index contributed by atoms with van der Waals surface area (Å²) in [6.45, 7) is 0. The molecule has 0 saturated carbocycles. The van der Waals surface area contributed by atoms with Gasteiger partial charge in [0.2, 0.25) is 0 Å². The van der Waals surface area contributed by atoms with Crippen LogP contribution >= 0.6 is 7.82 Å². The fourth-order valence-corrected chi connectivity index (χ4v) is 0. The van der Waals surface area contributed by atoms with Gasteiger partial charge in [0.05, 0.1) is 0 Å². The first-order valence-electron chi connectivity index (χ1n) is 0.730. The molecule has 16 N–H and O–H groups in total. The van der Waals surface area contributed by atoms with Gasteiger partial charge in [-0.2, -0.15) is 7.82 Å². The van der Waals surface area contributed by atoms with Gasteiger partial charge in [0.15, 0.2) is 0 Å². The molecular weight excluding hydrogens is 264 g/mol. The normalized spacial score (nSPS) is 4.54. The zero-order valence-electron chi connectivity index (χ0n) is 6.41. The first-order valence-corrected chi connectivity index (χ1v) is 2.19. The number of hydrogen-bond acceptors (Lipinski definition) is 4. The van der Waals surface area contributed by atoms with E-state index >= 15 is 0 Å². The predicted molar refractivity (Wildman–Crippen MR) is 35.3 cm³/mol. The Labute approximate surface area is 83.6 Å². The number of hydrogen-bond donors (Lipinski definition) is 1. The van der Waals surface area contributed by atoms with Crippen molar-refractivity contribution in [2.24, 2.45) is 0 Å². The van der Waals surface area contributed by atoms with Crippen LogP contribution in [0.1, 0.15) is 0 Å². The molecule has 1 radical (unpaired) electrons. The monoisotopic (exact) mass is 280 g/mol. The van der Waals surface area contributed by atoms with Crippen LogP contribution in [0.25, 0.3) is 0 Å². The molecule has 0 bridgehead atoms. The molecule has 0 heterocycles. The third-order valence-corrected chi connectivity index (χ3v) is 0. The fourth-order valence-electron chi connectivity index (χ4n) is 0. The van der Waals surface area contributed by atoms with Crippen molar-refractivity contribution < 1.29 is 68.9 Å². The van der Waals surface area contributed by atoms with E-state index in [-0.39, 0.29) is 55.8 Å². The number of phosphoric acid groups is 1. The van der Waals surface area contributed by atoms with Gasteiger partial charge in [-0.1, -0.05) is 0 Å². The van der Waals surface area contributed by atoms with Crippen LogP contribution < -0.4 is 20.8 Å². The van der Waals surface area contributed by atoms with Crippen LogP contribution in [0.15, 0.2) is 0 Å². The van der Waals surface area contributed by atoms with Gasteiger partial charge in [0.1, 0.15) is 0 Å². The van der Waals surface area contributed by atoms with E-state index in [4.69, 9.17) is 19.2 Å². The van der Waals surface area contributed by atoms with Gasteiger partial charge in [0, 0.05) is 0 Å². The maximum Gasteiger partial charge on any atom is 2.00 e. The van der Waals surface area contributed by atoms with E-state index in [1.807, 2.05) is 0 Å². The summed E-state index contributed by atoms with van der Waals surface area (Å²) in [5.41, 5.74) is 0. The largest absolute Gasteiger partial charge is 2.00 e. The van der Waals surface area contributed by atoms with E-state index in [9.17, 15) is 0 Å². The van der Waals surface area contributed by atoms with E-state index in [1.165, 1.54) is 0 Å². The molecule has 0 rings (SSSR count). The van der Waals surface area contributed by atoms with Crippen molar-refractivity contribution >= 4 is 7.82 Å². The van der Waals surface area contributed by atoms with E-state index < -0.39 is 7.82 Å². The van der Waals surface area contributed by atoms with Crippen molar-refractivity contribution in [1.29, 1.82) is 0 Å². The first-order chi connectivity index (χ1) is 2.00. The van der Waals surface area contributed by atoms with Crippen molar-refractivity contribution in [3.05, 3.63) is 0 Å². The minimum atomic E-state index is -5.39. The van der Waals surface area contributed by atoms with E-state index in [0.717, 1.165) is 0 Å². The van der Waals surface area contributed by atoms with Crippen molar-refractivity contribution in [1.82, 2.24) is 6.15 Å². The van der Waals surface area contributed by atoms with E-state index in [2.05, 4.69) is 0 Å². The summed E-state index contributed by atoms with van der Waals surface area (Å²) in [5.74, 6) is 0. The Bertz CT molecular complexity index is 61.1. The van der Waals surface area contributed by atoms with Crippen molar-refractivity contribution in [2.45, 2.75) is 0 Å². The topological polar surface area (TPSA) is 312 Å². The molecule has 13 heavy (non-hydrogen) atoms. The average molecular weight is 280 g/mol. The molecule has 0 spiro atoms. The van der Waals surface area contributed by atoms with Gasteiger partial charge in [-0.05, 0) is 0 Å². The van der Waals surface area contributed by atoms with E-state index in [1.54, 1.807) is 0 Å². The number of quaternary nitrogens is 1. The SMILES string of the molecule is O.O.O.O.O.O.O=P([O-])([O-])[O-].[Co+2].[NH4+]. The second-order valence-electron chi connectivity index (χ2n) is 0.447. The Kier molecular flexibility index (Phi) is 328. The Balaban J connectivity index is -0.00000000286. The maximum absolute atomic E-state index is 8.55. The smallest absolute Gasteiger partial charge is 0.822 e. The molecule has 0 aromatic heterocycles. The van der Waals surface area contributed by atoms with Crippen molar-refractivity contribution in [3.8, 4) is 0 Å². The molecule has 0 unspecified atom stereocenters. The molecule has 0 aromatic carbocycles. The van der Waals surface area contributed by atoms with Crippen LogP contribution in [0.4, 0.5) is 0 Å². The average Bonchev–Trinajstić information content (AvgIpc) is 0.722. The second-order valence-corrected chi connectivity index (χ2v) is 1.34. The van der Waals surface area contributed by atoms with Gasteiger partial charge in [-0.3, -0.25) is 0 Å². The summed E-state index contributed by atoms with van der Waals surface area (Å²) >= 11 is 0. The minimum Gasteiger partial charge on any atom is -0.822 e. The van der Waals surface area contributed by atoms with Crippen LogP contribution in [-0.4, -0.2) is 32.9 Å². The fraction of sp³-hybridized carbons (Fsp3) is 0. The quantitative estimate of drug-likeness (QED) is 0.422. The molecule has 0 aliphatic heterocycles. The summed E-state index contributed by atoms with van der Waals surface area (Å²) in [6, 6.07) is 0. The van der Waals surface area contributed by atoms with Crippen LogP contribution in [0, 0.1) is 0 Å². The molecule has 13 heteroatoms. The van der Waals surface area contributed by atoms with Crippen LogP contribution in [0.2, 0.25) is 0 Å². The first kappa shape index (κ1) is 108. The maximum atomic E-state index is 8.55. The zero-order valence-corrected chi connectivity index (χ0v) is 8.35. The van der Waals surface area contributed by atoms with Gasteiger partial charge in [0.25, 0.3) is 0 Å². The third kappa shape index (κ3) is 11600. The summed E-state index contributed by atoms with van der Waals surface area (Å²) in [7, 11) is -5.39. The van der Waals surface area contributed by atoms with Crippen LogP contribution in [0.3, 0.4) is 0 Å². The van der Waals surface area contributed by atoms with Gasteiger partial charge in [-0.15, -0.1) is 0 Å². The summed E-state index contributed by atoms with van der Waals surface area (Å²) in [6.07, 6.45) is 0. The molecule has 0 aromatic rings. The van der Waals surface area contributed by atoms with Crippen molar-refractivity contribution in [2.75, 3.05) is 0 Å². The summed E-state index contributed by atoms with van der Waals surface area (Å²) in [5, 5.41) is 0. The zero-order chi connectivity index (χ0) is 4.50. The van der Waals surface area contributed by atoms with Crippen LogP contribution in [-0.2, 0) is 21.3 Å². The van der Waals surface area contributed by atoms with Crippen molar-refractivity contribution in [3.63, 3.8) is 0 Å². The summed E-state index contributed by atoms with van der Waals surface area (Å²) < 4.78 is 8.55. The molecule has 95 valence electrons. The standard InChI is InChI=1S/Co.H3N.H3O4P.6H2O/c;;1-5(2,3)4;;;;;;/h;1H3;(H3,1,2,3,4);6*1H2/q+2;;;;;;;;/p-2. The van der Waals surface area contributed by atoms with E-state index in [0.29, 0.717) is 0 Å². The minimum absolute atomic E-state index is 0. The molecule has 0 aliphatic carbocycles. The molecule has 0 aliphatic rings.